The van der Waals surface area contributed by atoms with Crippen LogP contribution in [0.2, 0.25) is 0 Å². The van der Waals surface area contributed by atoms with E-state index in [9.17, 15) is 14.4 Å². The molecule has 1 amide bonds. The lowest BCUT2D eigenvalue weighted by Gasteiger charge is -2.43. The van der Waals surface area contributed by atoms with E-state index in [2.05, 4.69) is 80.4 Å². The number of aromatic nitrogens is 2. The lowest BCUT2D eigenvalue weighted by molar-refractivity contribution is -0.131. The van der Waals surface area contributed by atoms with Crippen LogP contribution in [0.4, 0.5) is 15.9 Å². The second kappa shape index (κ2) is 11.9. The molecule has 0 bridgehead atoms. The molecule has 3 heterocycles. The average molecular weight is 576 g/mol. The first kappa shape index (κ1) is 29.8. The van der Waals surface area contributed by atoms with Gasteiger partial charge < -0.3 is 24.3 Å². The molecule has 10 heteroatoms. The zero-order valence-corrected chi connectivity index (χ0v) is 25.5. The Morgan fingerprint density at radius 1 is 1.26 bits per heavy atom. The van der Waals surface area contributed by atoms with Crippen LogP contribution in [-0.4, -0.2) is 84.6 Å². The maximum absolute atomic E-state index is 13.8. The number of piperazine rings is 1. The summed E-state index contributed by atoms with van der Waals surface area (Å²) in [7, 11) is 4.16. The van der Waals surface area contributed by atoms with Crippen LogP contribution in [0, 0.1) is 30.6 Å². The predicted molar refractivity (Wildman–Crippen MR) is 161 cm³/mol. The van der Waals surface area contributed by atoms with E-state index < -0.39 is 17.8 Å². The van der Waals surface area contributed by atoms with Crippen LogP contribution < -0.4 is 14.5 Å². The molecule has 2 atom stereocenters. The third-order valence-electron chi connectivity index (χ3n) is 9.01. The zero-order chi connectivity index (χ0) is 30.2. The van der Waals surface area contributed by atoms with Gasteiger partial charge >= 0.3 is 6.01 Å². The summed E-state index contributed by atoms with van der Waals surface area (Å²) in [5.41, 5.74) is 5.83. The Kier molecular flexibility index (Phi) is 8.42. The molecule has 1 saturated heterocycles. The first-order valence-corrected chi connectivity index (χ1v) is 14.8. The first-order chi connectivity index (χ1) is 20.0. The minimum absolute atomic E-state index is 0.0933. The Bertz CT molecular complexity index is 1400. The molecule has 0 spiro atoms. The topological polar surface area (TPSA) is 88.8 Å². The van der Waals surface area contributed by atoms with Gasteiger partial charge in [-0.15, -0.1) is 0 Å². The van der Waals surface area contributed by atoms with Gasteiger partial charge in [0, 0.05) is 48.9 Å². The van der Waals surface area contributed by atoms with Gasteiger partial charge in [0.1, 0.15) is 5.82 Å². The molecule has 9 nitrogen and oxygen atoms in total. The number of nitrogens with zero attached hydrogens (tertiary/aromatic N) is 7. The third-order valence-corrected chi connectivity index (χ3v) is 9.01. The fourth-order valence-corrected chi connectivity index (χ4v) is 6.42. The van der Waals surface area contributed by atoms with Crippen LogP contribution in [0.1, 0.15) is 48.6 Å². The van der Waals surface area contributed by atoms with E-state index >= 15 is 0 Å². The van der Waals surface area contributed by atoms with Crippen molar-refractivity contribution in [3.05, 3.63) is 53.0 Å². The van der Waals surface area contributed by atoms with Gasteiger partial charge in [-0.25, -0.2) is 4.39 Å². The number of aryl methyl sites for hydroxylation is 1. The predicted octanol–water partition coefficient (Wildman–Crippen LogP) is 4.18. The van der Waals surface area contributed by atoms with Gasteiger partial charge in [0.15, 0.2) is 5.83 Å². The molecule has 2 unspecified atom stereocenters. The van der Waals surface area contributed by atoms with Crippen LogP contribution in [0.25, 0.3) is 0 Å². The highest BCUT2D eigenvalue weighted by molar-refractivity contribution is 5.91. The van der Waals surface area contributed by atoms with Crippen molar-refractivity contribution in [2.75, 3.05) is 56.7 Å². The Morgan fingerprint density at radius 2 is 2.02 bits per heavy atom. The molecule has 0 N–H and O–H groups in total. The lowest BCUT2D eigenvalue weighted by atomic mass is 9.95. The van der Waals surface area contributed by atoms with Crippen molar-refractivity contribution in [2.45, 2.75) is 65.1 Å². The summed E-state index contributed by atoms with van der Waals surface area (Å²) in [6.07, 6.45) is 3.07. The summed E-state index contributed by atoms with van der Waals surface area (Å²) in [5.74, 6) is -0.973. The van der Waals surface area contributed by atoms with Gasteiger partial charge in [-0.3, -0.25) is 4.79 Å². The molecule has 1 aromatic carbocycles. The zero-order valence-electron chi connectivity index (χ0n) is 25.5. The number of hydrogen-bond donors (Lipinski definition) is 0. The van der Waals surface area contributed by atoms with Crippen molar-refractivity contribution in [3.63, 3.8) is 0 Å². The van der Waals surface area contributed by atoms with Gasteiger partial charge in [0.25, 0.3) is 5.91 Å². The van der Waals surface area contributed by atoms with Gasteiger partial charge in [0.05, 0.1) is 37.4 Å². The Labute approximate surface area is 248 Å². The van der Waals surface area contributed by atoms with Crippen molar-refractivity contribution in [2.24, 2.45) is 5.41 Å². The van der Waals surface area contributed by atoms with Crippen LogP contribution >= 0.6 is 0 Å². The molecule has 1 aliphatic carbocycles. The highest BCUT2D eigenvalue weighted by Crippen LogP contribution is 2.46. The summed E-state index contributed by atoms with van der Waals surface area (Å²) in [6.45, 7) is 12.9. The number of benzene rings is 1. The molecular weight excluding hydrogens is 533 g/mol. The molecule has 2 aliphatic heterocycles. The van der Waals surface area contributed by atoms with E-state index in [4.69, 9.17) is 14.7 Å². The fraction of sp³-hybridized carbons (Fsp3) is 0.562. The third kappa shape index (κ3) is 6.07. The van der Waals surface area contributed by atoms with Crippen LogP contribution in [0.15, 0.2) is 30.6 Å². The smallest absolute Gasteiger partial charge is 0.318 e. The Hall–Kier alpha value is -3.71. The van der Waals surface area contributed by atoms with E-state index in [0.29, 0.717) is 32.3 Å². The number of nitriles is 1. The Morgan fingerprint density at radius 3 is 2.69 bits per heavy atom. The summed E-state index contributed by atoms with van der Waals surface area (Å²) in [6, 6.07) is 8.66. The highest BCUT2D eigenvalue weighted by atomic mass is 19.1. The van der Waals surface area contributed by atoms with Crippen molar-refractivity contribution >= 4 is 17.4 Å². The van der Waals surface area contributed by atoms with E-state index in [-0.39, 0.29) is 24.4 Å². The molecule has 1 saturated carbocycles. The second-order valence-corrected chi connectivity index (χ2v) is 12.5. The van der Waals surface area contributed by atoms with E-state index in [1.165, 1.54) is 21.7 Å². The number of anilines is 2. The number of fused-ring (bicyclic) bond motifs is 1. The summed E-state index contributed by atoms with van der Waals surface area (Å²) in [4.78, 5) is 30.6. The number of hydrogen-bond acceptors (Lipinski definition) is 8. The summed E-state index contributed by atoms with van der Waals surface area (Å²) >= 11 is 0. The maximum Gasteiger partial charge on any atom is 0.318 e. The number of carbonyl (C=O) groups excluding carboxylic acids is 1. The number of amides is 1. The van der Waals surface area contributed by atoms with Crippen LogP contribution in [0.3, 0.4) is 0 Å². The number of halogens is 1. The number of rotatable bonds is 9. The highest BCUT2D eigenvalue weighted by Gasteiger charge is 2.44. The molecule has 3 aliphatic rings. The van der Waals surface area contributed by atoms with Crippen molar-refractivity contribution in [3.8, 4) is 12.1 Å². The molecular formula is C32H42FN7O2. The molecule has 1 aromatic heterocycles. The van der Waals surface area contributed by atoms with E-state index in [1.54, 1.807) is 0 Å². The normalized spacial score (nSPS) is 21.1. The standard InChI is InChI=1S/C32H42FN7O2/c1-21-8-7-9-28(23(21)3)40-18-27-26(16-22(40)2)29(36-31(35-27)42-20-32(11-12-32)19-37(5)6)38-14-15-39(30(41)24(4)33)25(17-38)10-13-34/h7-9,22,25H,4,10-12,14-20H2,1-3,5-6H3. The van der Waals surface area contributed by atoms with E-state index in [1.807, 2.05) is 0 Å². The minimum Gasteiger partial charge on any atom is -0.463 e. The molecule has 2 fully saturated rings. The van der Waals surface area contributed by atoms with E-state index in [0.717, 1.165) is 42.9 Å². The van der Waals surface area contributed by atoms with Gasteiger partial charge in [-0.2, -0.15) is 15.2 Å². The first-order valence-electron chi connectivity index (χ1n) is 14.8. The monoisotopic (exact) mass is 575 g/mol. The lowest BCUT2D eigenvalue weighted by Crippen LogP contribution is -2.56. The summed E-state index contributed by atoms with van der Waals surface area (Å²) < 4.78 is 20.1. The van der Waals surface area contributed by atoms with Gasteiger partial charge in [-0.05, 0) is 71.3 Å². The molecule has 2 aromatic rings. The average Bonchev–Trinajstić information content (AvgIpc) is 3.71. The SMILES string of the molecule is C=C(F)C(=O)N1CCN(c2nc(OCC3(CN(C)C)CC3)nc3c2CC(C)N(c2cccc(C)c2C)C3)CC1CC#N. The maximum atomic E-state index is 13.8. The van der Waals surface area contributed by atoms with Crippen molar-refractivity contribution < 1.29 is 13.9 Å². The number of carbonyl (C=O) groups is 1. The molecule has 42 heavy (non-hydrogen) atoms. The van der Waals surface area contributed by atoms with Crippen LogP contribution in [-0.2, 0) is 17.8 Å². The fourth-order valence-electron chi connectivity index (χ4n) is 6.42. The largest absolute Gasteiger partial charge is 0.463 e. The quantitative estimate of drug-likeness (QED) is 0.412. The molecule has 5 rings (SSSR count). The van der Waals surface area contributed by atoms with Crippen molar-refractivity contribution in [1.29, 1.82) is 5.26 Å². The van der Waals surface area contributed by atoms with Crippen molar-refractivity contribution in [1.82, 2.24) is 19.8 Å². The summed E-state index contributed by atoms with van der Waals surface area (Å²) in [5, 5.41) is 9.50. The Balaban J connectivity index is 1.49. The second-order valence-electron chi connectivity index (χ2n) is 12.5. The minimum atomic E-state index is -1.01. The molecule has 224 valence electrons. The van der Waals surface area contributed by atoms with Gasteiger partial charge in [0.2, 0.25) is 0 Å². The van der Waals surface area contributed by atoms with Crippen LogP contribution in [0.5, 0.6) is 6.01 Å². The number of ether oxygens (including phenoxy) is 1. The van der Waals surface area contributed by atoms with Gasteiger partial charge in [-0.1, -0.05) is 18.7 Å². The molecule has 0 radical (unpaired) electrons.